The Morgan fingerprint density at radius 3 is 2.58 bits per heavy atom. The highest BCUT2D eigenvalue weighted by Crippen LogP contribution is 2.36. The number of hydrogen-bond acceptors (Lipinski definition) is 2. The van der Waals surface area contributed by atoms with Gasteiger partial charge in [-0.3, -0.25) is 0 Å². The molecule has 4 aromatic rings. The third-order valence-corrected chi connectivity index (χ3v) is 6.54. The molecule has 1 saturated carbocycles. The Balaban J connectivity index is 1.50. The zero-order chi connectivity index (χ0) is 21.8. The van der Waals surface area contributed by atoms with Crippen molar-refractivity contribution in [1.29, 1.82) is 0 Å². The molecular weight excluding hydrogens is 427 g/mol. The molecule has 0 unspecified atom stereocenters. The van der Waals surface area contributed by atoms with Crippen LogP contribution in [-0.2, 0) is 6.42 Å². The van der Waals surface area contributed by atoms with E-state index in [1.54, 1.807) is 12.3 Å². The second-order valence-electron chi connectivity index (χ2n) is 8.24. The van der Waals surface area contributed by atoms with Crippen molar-refractivity contribution in [1.82, 2.24) is 14.0 Å². The molecule has 0 atom stereocenters. The molecule has 1 fully saturated rings. The van der Waals surface area contributed by atoms with Crippen molar-refractivity contribution in [3.63, 3.8) is 0 Å². The first kappa shape index (κ1) is 20.4. The van der Waals surface area contributed by atoms with Crippen LogP contribution >= 0.6 is 11.6 Å². The molecule has 0 aliphatic heterocycles. The third kappa shape index (κ3) is 3.81. The van der Waals surface area contributed by atoms with Crippen LogP contribution in [0.3, 0.4) is 0 Å². The molecule has 1 aliphatic carbocycles. The topological polar surface area (TPSA) is 42.5 Å². The standard InChI is InChI=1S/C23H21ClF3N3O/c24-21-19(8-10-30-17(12-23(25,26)27)13-28-22(21)30)14-1-6-20-15(11-14)7-9-29(20)16-2-4-18(31)5-3-16/h1,6-11,13,16,18,31H,2-5,12H2/t16-,18-. The number of imidazole rings is 1. The minimum Gasteiger partial charge on any atom is -0.393 e. The van der Waals surface area contributed by atoms with Gasteiger partial charge in [0.05, 0.1) is 23.2 Å². The van der Waals surface area contributed by atoms with Crippen LogP contribution in [0.1, 0.15) is 37.4 Å². The van der Waals surface area contributed by atoms with Gasteiger partial charge in [-0.25, -0.2) is 4.98 Å². The molecule has 5 rings (SSSR count). The Labute approximate surface area is 181 Å². The number of alkyl halides is 3. The largest absolute Gasteiger partial charge is 0.394 e. The maximum absolute atomic E-state index is 12.8. The molecule has 0 saturated heterocycles. The second-order valence-corrected chi connectivity index (χ2v) is 8.62. The molecule has 1 aliphatic rings. The van der Waals surface area contributed by atoms with E-state index in [1.807, 2.05) is 12.1 Å². The number of benzene rings is 1. The fraction of sp³-hybridized carbons (Fsp3) is 0.348. The van der Waals surface area contributed by atoms with Gasteiger partial charge in [0.25, 0.3) is 0 Å². The van der Waals surface area contributed by atoms with Crippen LogP contribution in [0, 0.1) is 0 Å². The number of aromatic nitrogens is 3. The molecule has 0 spiro atoms. The molecule has 0 radical (unpaired) electrons. The SMILES string of the molecule is O[C@H]1CC[C@H](n2ccc3cc(-c4ccn5c(CC(F)(F)F)cnc5c4Cl)ccc32)CC1. The van der Waals surface area contributed by atoms with Gasteiger partial charge in [0, 0.05) is 41.1 Å². The van der Waals surface area contributed by atoms with Crippen molar-refractivity contribution in [3.05, 3.63) is 59.6 Å². The number of aliphatic hydroxyl groups is 1. The van der Waals surface area contributed by atoms with E-state index in [9.17, 15) is 18.3 Å². The van der Waals surface area contributed by atoms with Crippen LogP contribution in [-0.4, -0.2) is 31.3 Å². The average Bonchev–Trinajstić information content (AvgIpc) is 3.32. The first-order valence-corrected chi connectivity index (χ1v) is 10.7. The molecule has 162 valence electrons. The number of nitrogens with zero attached hydrogens (tertiary/aromatic N) is 3. The molecule has 1 N–H and O–H groups in total. The van der Waals surface area contributed by atoms with E-state index in [2.05, 4.69) is 27.9 Å². The Kier molecular flexibility index (Phi) is 4.98. The molecule has 3 heterocycles. The lowest BCUT2D eigenvalue weighted by molar-refractivity contribution is -0.127. The molecule has 4 nitrogen and oxygen atoms in total. The zero-order valence-electron chi connectivity index (χ0n) is 16.6. The van der Waals surface area contributed by atoms with E-state index >= 15 is 0 Å². The monoisotopic (exact) mass is 447 g/mol. The maximum Gasteiger partial charge on any atom is 0.394 e. The summed E-state index contributed by atoms with van der Waals surface area (Å²) in [6.45, 7) is 0. The van der Waals surface area contributed by atoms with Crippen molar-refractivity contribution >= 4 is 28.2 Å². The zero-order valence-corrected chi connectivity index (χ0v) is 17.4. The van der Waals surface area contributed by atoms with E-state index in [-0.39, 0.29) is 11.8 Å². The van der Waals surface area contributed by atoms with Gasteiger partial charge in [-0.05, 0) is 55.5 Å². The lowest BCUT2D eigenvalue weighted by Gasteiger charge is -2.27. The van der Waals surface area contributed by atoms with Crippen LogP contribution in [0.5, 0.6) is 0 Å². The van der Waals surface area contributed by atoms with Crippen molar-refractivity contribution in [2.24, 2.45) is 0 Å². The molecule has 0 amide bonds. The Morgan fingerprint density at radius 1 is 1.06 bits per heavy atom. The Hall–Kier alpha value is -2.51. The summed E-state index contributed by atoms with van der Waals surface area (Å²) >= 11 is 6.56. The quantitative estimate of drug-likeness (QED) is 0.407. The van der Waals surface area contributed by atoms with E-state index in [1.165, 1.54) is 10.6 Å². The molecule has 31 heavy (non-hydrogen) atoms. The van der Waals surface area contributed by atoms with Gasteiger partial charge in [-0.1, -0.05) is 17.7 Å². The van der Waals surface area contributed by atoms with Crippen LogP contribution in [0.4, 0.5) is 13.2 Å². The number of aliphatic hydroxyl groups excluding tert-OH is 1. The number of pyridine rings is 1. The molecule has 3 aromatic heterocycles. The fourth-order valence-electron chi connectivity index (χ4n) is 4.61. The van der Waals surface area contributed by atoms with Gasteiger partial charge in [0.2, 0.25) is 0 Å². The number of rotatable bonds is 3. The summed E-state index contributed by atoms with van der Waals surface area (Å²) in [4.78, 5) is 4.13. The number of halogens is 4. The smallest absolute Gasteiger partial charge is 0.393 e. The van der Waals surface area contributed by atoms with Gasteiger partial charge in [0.15, 0.2) is 5.65 Å². The van der Waals surface area contributed by atoms with E-state index < -0.39 is 12.6 Å². The first-order chi connectivity index (χ1) is 14.8. The van der Waals surface area contributed by atoms with Crippen LogP contribution in [0.15, 0.2) is 48.9 Å². The van der Waals surface area contributed by atoms with Gasteiger partial charge < -0.3 is 14.1 Å². The lowest BCUT2D eigenvalue weighted by Crippen LogP contribution is -2.20. The van der Waals surface area contributed by atoms with E-state index in [4.69, 9.17) is 11.6 Å². The van der Waals surface area contributed by atoms with Crippen molar-refractivity contribution in [2.75, 3.05) is 0 Å². The van der Waals surface area contributed by atoms with Gasteiger partial charge in [-0.15, -0.1) is 0 Å². The summed E-state index contributed by atoms with van der Waals surface area (Å²) in [5, 5.41) is 11.2. The van der Waals surface area contributed by atoms with E-state index in [0.29, 0.717) is 16.7 Å². The minimum absolute atomic E-state index is 0.0566. The Bertz CT molecular complexity index is 1250. The van der Waals surface area contributed by atoms with Gasteiger partial charge in [-0.2, -0.15) is 13.2 Å². The highest BCUT2D eigenvalue weighted by atomic mass is 35.5. The van der Waals surface area contributed by atoms with Crippen LogP contribution in [0.2, 0.25) is 5.02 Å². The molecule has 1 aromatic carbocycles. The van der Waals surface area contributed by atoms with E-state index in [0.717, 1.165) is 47.7 Å². The lowest BCUT2D eigenvalue weighted by atomic mass is 9.93. The van der Waals surface area contributed by atoms with Crippen molar-refractivity contribution < 1.29 is 18.3 Å². The average molecular weight is 448 g/mol. The normalized spacial score (nSPS) is 20.0. The van der Waals surface area contributed by atoms with Crippen LogP contribution in [0.25, 0.3) is 27.7 Å². The number of fused-ring (bicyclic) bond motifs is 2. The van der Waals surface area contributed by atoms with Crippen LogP contribution < -0.4 is 0 Å². The predicted molar refractivity (Wildman–Crippen MR) is 114 cm³/mol. The number of hydrogen-bond donors (Lipinski definition) is 1. The summed E-state index contributed by atoms with van der Waals surface area (Å²) in [5.41, 5.74) is 3.11. The Morgan fingerprint density at radius 2 is 1.84 bits per heavy atom. The minimum atomic E-state index is -4.31. The van der Waals surface area contributed by atoms with Crippen molar-refractivity contribution in [2.45, 2.75) is 50.4 Å². The highest BCUT2D eigenvalue weighted by molar-refractivity contribution is 6.36. The fourth-order valence-corrected chi connectivity index (χ4v) is 4.93. The first-order valence-electron chi connectivity index (χ1n) is 10.3. The summed E-state index contributed by atoms with van der Waals surface area (Å²) in [5.74, 6) is 0. The van der Waals surface area contributed by atoms with Gasteiger partial charge in [0.1, 0.15) is 0 Å². The van der Waals surface area contributed by atoms with Crippen molar-refractivity contribution in [3.8, 4) is 11.1 Å². The second kappa shape index (κ2) is 7.57. The molecule has 0 bridgehead atoms. The summed E-state index contributed by atoms with van der Waals surface area (Å²) in [6, 6.07) is 10.2. The predicted octanol–water partition coefficient (Wildman–Crippen LogP) is 6.19. The summed E-state index contributed by atoms with van der Waals surface area (Å²) in [6.07, 6.45) is 2.89. The molecular formula is C23H21ClF3N3O. The third-order valence-electron chi connectivity index (χ3n) is 6.17. The maximum atomic E-state index is 12.8. The summed E-state index contributed by atoms with van der Waals surface area (Å²) in [7, 11) is 0. The summed E-state index contributed by atoms with van der Waals surface area (Å²) < 4.78 is 42.1. The highest BCUT2D eigenvalue weighted by Gasteiger charge is 2.29. The molecule has 8 heteroatoms. The van der Waals surface area contributed by atoms with Gasteiger partial charge >= 0.3 is 6.18 Å².